The Hall–Kier alpha value is -2.37. The van der Waals surface area contributed by atoms with Gasteiger partial charge in [0.2, 0.25) is 0 Å². The van der Waals surface area contributed by atoms with Crippen LogP contribution in [-0.4, -0.2) is 27.7 Å². The summed E-state index contributed by atoms with van der Waals surface area (Å²) in [4.78, 5) is 15.4. The number of amides is 1. The largest absolute Gasteiger partial charge is 0.399 e. The van der Waals surface area contributed by atoms with Gasteiger partial charge >= 0.3 is 0 Å². The Morgan fingerprint density at radius 3 is 3.00 bits per heavy atom. The molecule has 0 aliphatic rings. The molecule has 2 rings (SSSR count). The zero-order chi connectivity index (χ0) is 11.5. The van der Waals surface area contributed by atoms with E-state index >= 15 is 0 Å². The van der Waals surface area contributed by atoms with Crippen molar-refractivity contribution in [2.75, 3.05) is 12.8 Å². The monoisotopic (exact) mass is 217 g/mol. The molecule has 0 unspecified atom stereocenters. The Morgan fingerprint density at radius 2 is 2.31 bits per heavy atom. The second-order valence-corrected chi connectivity index (χ2v) is 3.17. The van der Waals surface area contributed by atoms with Crippen LogP contribution in [0.25, 0.3) is 5.82 Å². The maximum Gasteiger partial charge on any atom is 0.271 e. The first-order chi connectivity index (χ1) is 7.70. The van der Waals surface area contributed by atoms with Crippen molar-refractivity contribution in [2.24, 2.45) is 0 Å². The van der Waals surface area contributed by atoms with Crippen LogP contribution in [0, 0.1) is 0 Å². The van der Waals surface area contributed by atoms with E-state index in [4.69, 9.17) is 5.73 Å². The molecule has 82 valence electrons. The third-order valence-electron chi connectivity index (χ3n) is 2.05. The molecule has 2 heterocycles. The zero-order valence-electron chi connectivity index (χ0n) is 8.71. The Balaban J connectivity index is 2.35. The molecule has 2 aromatic heterocycles. The zero-order valence-corrected chi connectivity index (χ0v) is 8.71. The maximum absolute atomic E-state index is 11.3. The number of carbonyl (C=O) groups is 1. The van der Waals surface area contributed by atoms with Crippen molar-refractivity contribution in [3.8, 4) is 5.82 Å². The number of carbonyl (C=O) groups excluding carboxylic acids is 1. The lowest BCUT2D eigenvalue weighted by atomic mass is 10.4. The molecule has 0 fully saturated rings. The van der Waals surface area contributed by atoms with Crippen molar-refractivity contribution in [3.05, 3.63) is 36.3 Å². The Morgan fingerprint density at radius 1 is 1.50 bits per heavy atom. The molecule has 0 saturated heterocycles. The summed E-state index contributed by atoms with van der Waals surface area (Å²) in [7, 11) is 1.56. The minimum Gasteiger partial charge on any atom is -0.399 e. The van der Waals surface area contributed by atoms with E-state index < -0.39 is 0 Å². The van der Waals surface area contributed by atoms with Gasteiger partial charge in [-0.2, -0.15) is 5.10 Å². The van der Waals surface area contributed by atoms with Crippen LogP contribution in [0.1, 0.15) is 10.5 Å². The number of nitrogens with two attached hydrogens (primary N) is 1. The van der Waals surface area contributed by atoms with E-state index in [2.05, 4.69) is 15.4 Å². The highest BCUT2D eigenvalue weighted by molar-refractivity contribution is 5.91. The first-order valence-corrected chi connectivity index (χ1v) is 4.70. The summed E-state index contributed by atoms with van der Waals surface area (Å²) in [6.45, 7) is 0. The van der Waals surface area contributed by atoms with Crippen molar-refractivity contribution in [1.29, 1.82) is 0 Å². The Kier molecular flexibility index (Phi) is 2.55. The van der Waals surface area contributed by atoms with Crippen LogP contribution in [0.5, 0.6) is 0 Å². The van der Waals surface area contributed by atoms with Gasteiger partial charge in [-0.05, 0) is 12.1 Å². The van der Waals surface area contributed by atoms with Crippen LogP contribution in [0.3, 0.4) is 0 Å². The molecule has 16 heavy (non-hydrogen) atoms. The molecule has 0 bridgehead atoms. The lowest BCUT2D eigenvalue weighted by molar-refractivity contribution is 0.0957. The van der Waals surface area contributed by atoms with Crippen molar-refractivity contribution in [3.63, 3.8) is 0 Å². The number of pyridine rings is 1. The van der Waals surface area contributed by atoms with Gasteiger partial charge in [-0.1, -0.05) is 0 Å². The number of aromatic nitrogens is 3. The van der Waals surface area contributed by atoms with Crippen LogP contribution < -0.4 is 11.1 Å². The van der Waals surface area contributed by atoms with Crippen LogP contribution in [-0.2, 0) is 0 Å². The first-order valence-electron chi connectivity index (χ1n) is 4.70. The fourth-order valence-electron chi connectivity index (χ4n) is 1.26. The summed E-state index contributed by atoms with van der Waals surface area (Å²) in [5, 5.41) is 6.58. The number of nitrogens with one attached hydrogen (secondary N) is 1. The van der Waals surface area contributed by atoms with Crippen LogP contribution >= 0.6 is 0 Å². The number of rotatable bonds is 2. The fraction of sp³-hybridized carbons (Fsp3) is 0.100. The van der Waals surface area contributed by atoms with Gasteiger partial charge in [0.25, 0.3) is 5.91 Å². The van der Waals surface area contributed by atoms with Gasteiger partial charge in [0.15, 0.2) is 11.5 Å². The van der Waals surface area contributed by atoms with Gasteiger partial charge in [-0.3, -0.25) is 4.79 Å². The van der Waals surface area contributed by atoms with Gasteiger partial charge in [-0.25, -0.2) is 9.67 Å². The summed E-state index contributed by atoms with van der Waals surface area (Å²) in [5.74, 6) is 0.345. The third kappa shape index (κ3) is 1.85. The molecular weight excluding hydrogens is 206 g/mol. The highest BCUT2D eigenvalue weighted by atomic mass is 16.1. The topological polar surface area (TPSA) is 85.8 Å². The number of nitrogens with zero attached hydrogens (tertiary/aromatic N) is 3. The molecule has 2 aromatic rings. The smallest absolute Gasteiger partial charge is 0.271 e. The van der Waals surface area contributed by atoms with Gasteiger partial charge in [0, 0.05) is 31.2 Å². The van der Waals surface area contributed by atoms with Crippen LogP contribution in [0.2, 0.25) is 0 Å². The molecular formula is C10H11N5O. The summed E-state index contributed by atoms with van der Waals surface area (Å²) in [6, 6.07) is 4.98. The maximum atomic E-state index is 11.3. The molecule has 0 aliphatic carbocycles. The molecule has 6 heteroatoms. The summed E-state index contributed by atoms with van der Waals surface area (Å²) >= 11 is 0. The van der Waals surface area contributed by atoms with Crippen molar-refractivity contribution in [1.82, 2.24) is 20.1 Å². The van der Waals surface area contributed by atoms with E-state index in [-0.39, 0.29) is 5.91 Å². The number of nitrogen functional groups attached to an aromatic ring is 1. The molecule has 0 atom stereocenters. The second-order valence-electron chi connectivity index (χ2n) is 3.17. The lowest BCUT2D eigenvalue weighted by Crippen LogP contribution is -2.18. The summed E-state index contributed by atoms with van der Waals surface area (Å²) < 4.78 is 1.50. The number of anilines is 1. The molecule has 0 spiro atoms. The van der Waals surface area contributed by atoms with E-state index in [0.29, 0.717) is 17.2 Å². The summed E-state index contributed by atoms with van der Waals surface area (Å²) in [5.41, 5.74) is 6.57. The molecule has 6 nitrogen and oxygen atoms in total. The molecule has 0 aromatic carbocycles. The predicted molar refractivity (Wildman–Crippen MR) is 59.2 cm³/mol. The minimum absolute atomic E-state index is 0.234. The standard InChI is InChI=1S/C10H11N5O/c1-12-10(16)8-3-5-15(14-8)9-6-7(11)2-4-13-9/h2-6H,1H3,(H2,11,13)(H,12,16). The van der Waals surface area contributed by atoms with E-state index in [1.54, 1.807) is 37.6 Å². The van der Waals surface area contributed by atoms with Gasteiger partial charge in [0.05, 0.1) is 0 Å². The number of hydrogen-bond donors (Lipinski definition) is 2. The average molecular weight is 217 g/mol. The normalized spacial score (nSPS) is 10.1. The molecule has 0 aliphatic heterocycles. The first kappa shape index (κ1) is 10.2. The highest BCUT2D eigenvalue weighted by Crippen LogP contribution is 2.08. The molecule has 1 amide bonds. The molecule has 0 radical (unpaired) electrons. The quantitative estimate of drug-likeness (QED) is 0.752. The van der Waals surface area contributed by atoms with Crippen LogP contribution in [0.15, 0.2) is 30.6 Å². The minimum atomic E-state index is -0.234. The predicted octanol–water partition coefficient (Wildman–Crippen LogP) is 0.209. The SMILES string of the molecule is CNC(=O)c1ccn(-c2cc(N)ccn2)n1. The average Bonchev–Trinajstić information content (AvgIpc) is 2.77. The van der Waals surface area contributed by atoms with Crippen molar-refractivity contribution >= 4 is 11.6 Å². The fourth-order valence-corrected chi connectivity index (χ4v) is 1.26. The second kappa shape index (κ2) is 4.01. The van der Waals surface area contributed by atoms with E-state index in [0.717, 1.165) is 0 Å². The lowest BCUT2D eigenvalue weighted by Gasteiger charge is -2.00. The summed E-state index contributed by atoms with van der Waals surface area (Å²) in [6.07, 6.45) is 3.25. The number of hydrogen-bond acceptors (Lipinski definition) is 4. The van der Waals surface area contributed by atoms with Gasteiger partial charge in [0.1, 0.15) is 0 Å². The highest BCUT2D eigenvalue weighted by Gasteiger charge is 2.08. The van der Waals surface area contributed by atoms with Gasteiger partial charge < -0.3 is 11.1 Å². The van der Waals surface area contributed by atoms with Crippen LogP contribution in [0.4, 0.5) is 5.69 Å². The molecule has 3 N–H and O–H groups in total. The van der Waals surface area contributed by atoms with Crippen molar-refractivity contribution in [2.45, 2.75) is 0 Å². The Labute approximate surface area is 92.1 Å². The van der Waals surface area contributed by atoms with Gasteiger partial charge in [-0.15, -0.1) is 0 Å². The van der Waals surface area contributed by atoms with E-state index in [9.17, 15) is 4.79 Å². The molecule has 0 saturated carbocycles. The third-order valence-corrected chi connectivity index (χ3v) is 2.05. The van der Waals surface area contributed by atoms with E-state index in [1.807, 2.05) is 0 Å². The Bertz CT molecular complexity index is 519. The van der Waals surface area contributed by atoms with E-state index in [1.165, 1.54) is 4.68 Å². The van der Waals surface area contributed by atoms with Crippen molar-refractivity contribution < 1.29 is 4.79 Å².